The lowest BCUT2D eigenvalue weighted by molar-refractivity contribution is -0.276. The highest BCUT2D eigenvalue weighted by atomic mass is 127. The highest BCUT2D eigenvalue weighted by molar-refractivity contribution is 14.1. The van der Waals surface area contributed by atoms with Crippen molar-refractivity contribution in [3.8, 4) is 5.88 Å². The van der Waals surface area contributed by atoms with Gasteiger partial charge in [-0.1, -0.05) is 15.9 Å². The number of rotatable bonds is 3. The van der Waals surface area contributed by atoms with Crippen molar-refractivity contribution in [2.75, 3.05) is 0 Å². The minimum absolute atomic E-state index is 0.0556. The fraction of sp³-hybridized carbons (Fsp3) is 0.375. The van der Waals surface area contributed by atoms with E-state index in [-0.39, 0.29) is 14.6 Å². The molecule has 9 heteroatoms. The predicted molar refractivity (Wildman–Crippen MR) is 61.2 cm³/mol. The van der Waals surface area contributed by atoms with Gasteiger partial charge in [0, 0.05) is 20.5 Å². The summed E-state index contributed by atoms with van der Waals surface area (Å²) in [5, 5.41) is 0.0556. The Kier molecular flexibility index (Phi) is 4.93. The Hall–Kier alpha value is -0.190. The number of pyridine rings is 1. The van der Waals surface area contributed by atoms with E-state index in [4.69, 9.17) is 0 Å². The first kappa shape index (κ1) is 14.9. The summed E-state index contributed by atoms with van der Waals surface area (Å²) in [6.45, 7) is 0. The second kappa shape index (κ2) is 5.63. The second-order valence-electron chi connectivity index (χ2n) is 2.79. The highest BCUT2D eigenvalue weighted by Gasteiger charge is 2.32. The zero-order valence-electron chi connectivity index (χ0n) is 7.86. The smallest absolute Gasteiger partial charge is 0.388 e. The van der Waals surface area contributed by atoms with Crippen molar-refractivity contribution in [2.45, 2.75) is 18.1 Å². The molecule has 0 bridgehead atoms. The molecule has 1 aromatic heterocycles. The zero-order chi connectivity index (χ0) is 13.2. The molecule has 0 amide bonds. The molecule has 0 N–H and O–H groups in total. The van der Waals surface area contributed by atoms with Crippen LogP contribution in [0.5, 0.6) is 5.88 Å². The van der Waals surface area contributed by atoms with Gasteiger partial charge in [-0.05, 0) is 22.6 Å². The standard InChI is InChI=1S/C8H4BrF5INO/c9-2-4-6(15)3(7(10)11)1-5(16-4)17-8(12,13)14/h1,7H,2H2. The van der Waals surface area contributed by atoms with Crippen molar-refractivity contribution in [1.29, 1.82) is 0 Å². The van der Waals surface area contributed by atoms with Gasteiger partial charge in [0.25, 0.3) is 6.43 Å². The van der Waals surface area contributed by atoms with Crippen LogP contribution in [0.1, 0.15) is 17.7 Å². The number of nitrogens with zero attached hydrogens (tertiary/aromatic N) is 1. The molecular formula is C8H4BrF5INO. The van der Waals surface area contributed by atoms with Crippen molar-refractivity contribution >= 4 is 38.5 Å². The number of hydrogen-bond acceptors (Lipinski definition) is 2. The molecule has 0 aromatic carbocycles. The van der Waals surface area contributed by atoms with Gasteiger partial charge in [-0.25, -0.2) is 13.8 Å². The Labute approximate surface area is 115 Å². The van der Waals surface area contributed by atoms with Crippen LogP contribution in [0.3, 0.4) is 0 Å². The molecule has 0 unspecified atom stereocenters. The number of aromatic nitrogens is 1. The maximum atomic E-state index is 12.6. The van der Waals surface area contributed by atoms with Gasteiger partial charge < -0.3 is 4.74 Å². The van der Waals surface area contributed by atoms with Crippen LogP contribution in [0.2, 0.25) is 0 Å². The van der Waals surface area contributed by atoms with Crippen molar-refractivity contribution in [1.82, 2.24) is 4.98 Å². The first-order valence-corrected chi connectivity index (χ1v) is 6.23. The molecule has 0 spiro atoms. The summed E-state index contributed by atoms with van der Waals surface area (Å²) in [5.74, 6) is -0.886. The van der Waals surface area contributed by atoms with Crippen LogP contribution in [-0.4, -0.2) is 11.3 Å². The molecule has 96 valence electrons. The van der Waals surface area contributed by atoms with E-state index in [0.717, 1.165) is 0 Å². The molecular weight excluding hydrogens is 428 g/mol. The largest absolute Gasteiger partial charge is 0.574 e. The average molecular weight is 432 g/mol. The van der Waals surface area contributed by atoms with Gasteiger partial charge in [0.15, 0.2) is 0 Å². The topological polar surface area (TPSA) is 22.1 Å². The summed E-state index contributed by atoms with van der Waals surface area (Å²) < 4.78 is 64.6. The van der Waals surface area contributed by atoms with Gasteiger partial charge in [0.2, 0.25) is 5.88 Å². The quantitative estimate of drug-likeness (QED) is 0.401. The van der Waals surface area contributed by atoms with E-state index in [1.165, 1.54) is 0 Å². The molecule has 0 aliphatic heterocycles. The van der Waals surface area contributed by atoms with Crippen LogP contribution in [-0.2, 0) is 5.33 Å². The molecule has 1 rings (SSSR count). The Morgan fingerprint density at radius 1 is 1.41 bits per heavy atom. The molecule has 17 heavy (non-hydrogen) atoms. The lowest BCUT2D eigenvalue weighted by Gasteiger charge is -2.12. The van der Waals surface area contributed by atoms with E-state index in [1.807, 2.05) is 0 Å². The van der Waals surface area contributed by atoms with Crippen LogP contribution in [0.4, 0.5) is 22.0 Å². The van der Waals surface area contributed by atoms with E-state index >= 15 is 0 Å². The van der Waals surface area contributed by atoms with E-state index < -0.39 is 24.2 Å². The van der Waals surface area contributed by atoms with Gasteiger partial charge in [0.1, 0.15) is 0 Å². The number of alkyl halides is 6. The Balaban J connectivity index is 3.21. The third kappa shape index (κ3) is 4.19. The summed E-state index contributed by atoms with van der Waals surface area (Å²) in [4.78, 5) is 3.49. The first-order chi connectivity index (χ1) is 7.74. The number of ether oxygens (including phenoxy) is 1. The first-order valence-electron chi connectivity index (χ1n) is 4.03. The van der Waals surface area contributed by atoms with Crippen molar-refractivity contribution in [3.05, 3.63) is 20.9 Å². The Morgan fingerprint density at radius 3 is 2.41 bits per heavy atom. The maximum Gasteiger partial charge on any atom is 0.574 e. The SMILES string of the molecule is FC(F)c1cc(OC(F)(F)F)nc(CBr)c1I. The molecule has 0 atom stereocenters. The van der Waals surface area contributed by atoms with Gasteiger partial charge in [-0.2, -0.15) is 0 Å². The average Bonchev–Trinajstić information content (AvgIpc) is 2.17. The molecule has 1 aromatic rings. The predicted octanol–water partition coefficient (Wildman–Crippen LogP) is 4.42. The molecule has 1 heterocycles. The molecule has 2 nitrogen and oxygen atoms in total. The van der Waals surface area contributed by atoms with Crippen molar-refractivity contribution in [2.24, 2.45) is 0 Å². The van der Waals surface area contributed by atoms with Crippen LogP contribution in [0.15, 0.2) is 6.07 Å². The summed E-state index contributed by atoms with van der Waals surface area (Å²) >= 11 is 4.56. The van der Waals surface area contributed by atoms with Crippen molar-refractivity contribution in [3.63, 3.8) is 0 Å². The lowest BCUT2D eigenvalue weighted by Crippen LogP contribution is -2.18. The fourth-order valence-electron chi connectivity index (χ4n) is 0.996. The minimum atomic E-state index is -4.96. The van der Waals surface area contributed by atoms with Gasteiger partial charge in [-0.3, -0.25) is 0 Å². The summed E-state index contributed by atoms with van der Waals surface area (Å²) in [6, 6.07) is 0.589. The molecule has 0 aliphatic carbocycles. The van der Waals surface area contributed by atoms with Gasteiger partial charge in [0.05, 0.1) is 5.69 Å². The maximum absolute atomic E-state index is 12.6. The van der Waals surface area contributed by atoms with Crippen molar-refractivity contribution < 1.29 is 26.7 Å². The summed E-state index contributed by atoms with van der Waals surface area (Å²) in [6.07, 6.45) is -7.85. The molecule has 0 aliphatic rings. The van der Waals surface area contributed by atoms with Gasteiger partial charge >= 0.3 is 6.36 Å². The minimum Gasteiger partial charge on any atom is -0.388 e. The molecule has 0 saturated carbocycles. The fourth-order valence-corrected chi connectivity index (χ4v) is 2.63. The third-order valence-electron chi connectivity index (χ3n) is 1.61. The normalized spacial score (nSPS) is 12.0. The monoisotopic (exact) mass is 431 g/mol. The summed E-state index contributed by atoms with van der Waals surface area (Å²) in [5.41, 5.74) is -0.461. The summed E-state index contributed by atoms with van der Waals surface area (Å²) in [7, 11) is 0. The van der Waals surface area contributed by atoms with Crippen LogP contribution in [0, 0.1) is 3.57 Å². The molecule has 0 radical (unpaired) electrons. The molecule has 0 fully saturated rings. The Bertz CT molecular complexity index is 412. The molecule has 0 saturated heterocycles. The van der Waals surface area contributed by atoms with E-state index in [1.54, 1.807) is 22.6 Å². The van der Waals surface area contributed by atoms with Gasteiger partial charge in [-0.15, -0.1) is 13.2 Å². The third-order valence-corrected chi connectivity index (χ3v) is 3.39. The van der Waals surface area contributed by atoms with E-state index in [0.29, 0.717) is 6.07 Å². The highest BCUT2D eigenvalue weighted by Crippen LogP contribution is 2.32. The number of halogens is 7. The van der Waals surface area contributed by atoms with E-state index in [9.17, 15) is 22.0 Å². The zero-order valence-corrected chi connectivity index (χ0v) is 11.6. The number of hydrogen-bond donors (Lipinski definition) is 0. The Morgan fingerprint density at radius 2 is 2.00 bits per heavy atom. The van der Waals surface area contributed by atoms with Crippen LogP contribution < -0.4 is 4.74 Å². The van der Waals surface area contributed by atoms with Crippen LogP contribution in [0.25, 0.3) is 0 Å². The lowest BCUT2D eigenvalue weighted by atomic mass is 10.2. The second-order valence-corrected chi connectivity index (χ2v) is 4.43. The van der Waals surface area contributed by atoms with E-state index in [2.05, 4.69) is 25.7 Å². The van der Waals surface area contributed by atoms with Crippen LogP contribution >= 0.6 is 38.5 Å².